The molecule has 2 atom stereocenters. The number of amides is 1. The first-order valence-electron chi connectivity index (χ1n) is 8.69. The van der Waals surface area contributed by atoms with Crippen molar-refractivity contribution in [1.29, 1.82) is 0 Å². The highest BCUT2D eigenvalue weighted by Gasteiger charge is 2.28. The predicted octanol–water partition coefficient (Wildman–Crippen LogP) is 3.92. The van der Waals surface area contributed by atoms with E-state index >= 15 is 0 Å². The molecule has 0 aromatic heterocycles. The van der Waals surface area contributed by atoms with Crippen LogP contribution in [0, 0.1) is 5.92 Å². The van der Waals surface area contributed by atoms with Crippen LogP contribution in [-0.2, 0) is 9.53 Å². The molecule has 1 amide bonds. The maximum atomic E-state index is 12.6. The van der Waals surface area contributed by atoms with E-state index in [-0.39, 0.29) is 17.9 Å². The van der Waals surface area contributed by atoms with Crippen LogP contribution in [0.3, 0.4) is 0 Å². The maximum Gasteiger partial charge on any atom is 0.228 e. The first kappa shape index (κ1) is 17.5. The van der Waals surface area contributed by atoms with E-state index in [1.165, 1.54) is 0 Å². The zero-order valence-corrected chi connectivity index (χ0v) is 15.1. The molecule has 3 rings (SSSR count). The van der Waals surface area contributed by atoms with Gasteiger partial charge in [-0.2, -0.15) is 0 Å². The quantitative estimate of drug-likeness (QED) is 0.829. The lowest BCUT2D eigenvalue weighted by molar-refractivity contribution is -0.136. The molecule has 4 nitrogen and oxygen atoms in total. The summed E-state index contributed by atoms with van der Waals surface area (Å²) in [6.07, 6.45) is 0.822. The maximum absolute atomic E-state index is 12.6. The summed E-state index contributed by atoms with van der Waals surface area (Å²) in [6, 6.07) is 16.3. The number of methoxy groups -OCH3 is 1. The first-order valence-corrected chi connectivity index (χ1v) is 8.69. The topological polar surface area (TPSA) is 38.8 Å². The summed E-state index contributed by atoms with van der Waals surface area (Å²) >= 11 is 0. The summed E-state index contributed by atoms with van der Waals surface area (Å²) in [4.78, 5) is 14.4. The molecule has 132 valence electrons. The van der Waals surface area contributed by atoms with Crippen molar-refractivity contribution < 1.29 is 14.3 Å². The molecular weight excluding hydrogens is 314 g/mol. The van der Waals surface area contributed by atoms with Crippen LogP contribution >= 0.6 is 0 Å². The highest BCUT2D eigenvalue weighted by atomic mass is 16.5. The minimum atomic E-state index is 0.000281. The van der Waals surface area contributed by atoms with Crippen LogP contribution in [0.5, 0.6) is 5.75 Å². The number of nitrogens with zero attached hydrogens (tertiary/aromatic N) is 1. The second-order valence-electron chi connectivity index (χ2n) is 6.51. The molecule has 2 aromatic rings. The van der Waals surface area contributed by atoms with Crippen molar-refractivity contribution in [3.63, 3.8) is 0 Å². The van der Waals surface area contributed by atoms with Gasteiger partial charge in [-0.1, -0.05) is 42.5 Å². The zero-order chi connectivity index (χ0) is 17.8. The number of hydrogen-bond donors (Lipinski definition) is 0. The van der Waals surface area contributed by atoms with Crippen molar-refractivity contribution in [1.82, 2.24) is 4.90 Å². The Morgan fingerprint density at radius 1 is 1.20 bits per heavy atom. The molecule has 2 unspecified atom stereocenters. The fraction of sp³-hybridized carbons (Fsp3) is 0.381. The van der Waals surface area contributed by atoms with Crippen LogP contribution in [-0.4, -0.2) is 38.2 Å². The Kier molecular flexibility index (Phi) is 5.39. The number of ether oxygens (including phenoxy) is 2. The minimum absolute atomic E-state index is 0.000281. The van der Waals surface area contributed by atoms with Crippen LogP contribution in [0.1, 0.15) is 24.9 Å². The fourth-order valence-corrected chi connectivity index (χ4v) is 3.26. The molecule has 1 fully saturated rings. The van der Waals surface area contributed by atoms with Gasteiger partial charge in [-0.3, -0.25) is 4.79 Å². The highest BCUT2D eigenvalue weighted by Crippen LogP contribution is 2.31. The molecule has 1 aliphatic heterocycles. The molecule has 0 radical (unpaired) electrons. The molecule has 0 N–H and O–H groups in total. The average Bonchev–Trinajstić information content (AvgIpc) is 3.21. The first-order chi connectivity index (χ1) is 12.1. The van der Waals surface area contributed by atoms with Gasteiger partial charge in [0.05, 0.1) is 25.7 Å². The normalized spacial score (nSPS) is 18.0. The van der Waals surface area contributed by atoms with E-state index in [0.29, 0.717) is 13.2 Å². The summed E-state index contributed by atoms with van der Waals surface area (Å²) in [5.74, 6) is 1.02. The Bertz CT molecular complexity index is 720. The van der Waals surface area contributed by atoms with E-state index in [1.807, 2.05) is 36.2 Å². The summed E-state index contributed by atoms with van der Waals surface area (Å²) in [5.41, 5.74) is 3.29. The Morgan fingerprint density at radius 2 is 1.92 bits per heavy atom. The number of carbonyl (C=O) groups excluding carboxylic acids is 1. The monoisotopic (exact) mass is 339 g/mol. The van der Waals surface area contributed by atoms with Crippen molar-refractivity contribution in [2.75, 3.05) is 27.4 Å². The number of benzene rings is 2. The van der Waals surface area contributed by atoms with Gasteiger partial charge in [-0.15, -0.1) is 0 Å². The Balaban J connectivity index is 1.76. The summed E-state index contributed by atoms with van der Waals surface area (Å²) < 4.78 is 10.8. The molecular formula is C21H25NO3. The third kappa shape index (κ3) is 3.69. The smallest absolute Gasteiger partial charge is 0.228 e. The van der Waals surface area contributed by atoms with Crippen molar-refractivity contribution >= 4 is 5.91 Å². The standard InChI is InChI=1S/C21H25NO3/c1-15(22(2)21(23)18-12-13-25-14-18)16-8-10-17(11-9-16)19-6-4-5-7-20(19)24-3/h4-11,15,18H,12-14H2,1-3H3. The Hall–Kier alpha value is -2.33. The molecule has 0 spiro atoms. The Morgan fingerprint density at radius 3 is 2.56 bits per heavy atom. The molecule has 0 saturated carbocycles. The van der Waals surface area contributed by atoms with Gasteiger partial charge in [0, 0.05) is 19.2 Å². The minimum Gasteiger partial charge on any atom is -0.496 e. The molecule has 2 aromatic carbocycles. The molecule has 25 heavy (non-hydrogen) atoms. The van der Waals surface area contributed by atoms with E-state index in [1.54, 1.807) is 7.11 Å². The third-order valence-electron chi connectivity index (χ3n) is 5.02. The van der Waals surface area contributed by atoms with Crippen molar-refractivity contribution in [2.24, 2.45) is 5.92 Å². The molecule has 1 saturated heterocycles. The Labute approximate surface area is 149 Å². The summed E-state index contributed by atoms with van der Waals surface area (Å²) in [5, 5.41) is 0. The highest BCUT2D eigenvalue weighted by molar-refractivity contribution is 5.79. The average molecular weight is 339 g/mol. The van der Waals surface area contributed by atoms with Crippen LogP contribution in [0.2, 0.25) is 0 Å². The number of carbonyl (C=O) groups is 1. The zero-order valence-electron chi connectivity index (χ0n) is 15.1. The van der Waals surface area contributed by atoms with Gasteiger partial charge in [0.15, 0.2) is 0 Å². The van der Waals surface area contributed by atoms with Gasteiger partial charge in [-0.25, -0.2) is 0 Å². The van der Waals surface area contributed by atoms with Crippen LogP contribution in [0.15, 0.2) is 48.5 Å². The summed E-state index contributed by atoms with van der Waals surface area (Å²) in [7, 11) is 3.56. The fourth-order valence-electron chi connectivity index (χ4n) is 3.26. The third-order valence-corrected chi connectivity index (χ3v) is 5.02. The SMILES string of the molecule is COc1ccccc1-c1ccc(C(C)N(C)C(=O)C2CCOC2)cc1. The molecule has 1 aliphatic rings. The van der Waals surface area contributed by atoms with E-state index in [0.717, 1.165) is 28.9 Å². The predicted molar refractivity (Wildman–Crippen MR) is 98.5 cm³/mol. The summed E-state index contributed by atoms with van der Waals surface area (Å²) in [6.45, 7) is 3.29. The second kappa shape index (κ2) is 7.70. The largest absolute Gasteiger partial charge is 0.496 e. The number of hydrogen-bond acceptors (Lipinski definition) is 3. The molecule has 0 bridgehead atoms. The van der Waals surface area contributed by atoms with Gasteiger partial charge < -0.3 is 14.4 Å². The van der Waals surface area contributed by atoms with Crippen molar-refractivity contribution in [2.45, 2.75) is 19.4 Å². The van der Waals surface area contributed by atoms with Crippen LogP contribution in [0.4, 0.5) is 0 Å². The lowest BCUT2D eigenvalue weighted by atomic mass is 9.99. The van der Waals surface area contributed by atoms with Gasteiger partial charge in [0.1, 0.15) is 5.75 Å². The van der Waals surface area contributed by atoms with E-state index in [9.17, 15) is 4.79 Å². The molecule has 4 heteroatoms. The molecule has 1 heterocycles. The molecule has 0 aliphatic carbocycles. The van der Waals surface area contributed by atoms with Gasteiger partial charge in [-0.05, 0) is 30.5 Å². The lowest BCUT2D eigenvalue weighted by Crippen LogP contribution is -2.35. The second-order valence-corrected chi connectivity index (χ2v) is 6.51. The van der Waals surface area contributed by atoms with Gasteiger partial charge in [0.25, 0.3) is 0 Å². The van der Waals surface area contributed by atoms with E-state index < -0.39 is 0 Å². The van der Waals surface area contributed by atoms with Crippen LogP contribution in [0.25, 0.3) is 11.1 Å². The van der Waals surface area contributed by atoms with E-state index in [2.05, 4.69) is 31.2 Å². The number of para-hydroxylation sites is 1. The van der Waals surface area contributed by atoms with Gasteiger partial charge in [0.2, 0.25) is 5.91 Å². The van der Waals surface area contributed by atoms with Crippen LogP contribution < -0.4 is 4.74 Å². The van der Waals surface area contributed by atoms with Gasteiger partial charge >= 0.3 is 0 Å². The van der Waals surface area contributed by atoms with Crippen molar-refractivity contribution in [3.8, 4) is 16.9 Å². The van der Waals surface area contributed by atoms with E-state index in [4.69, 9.17) is 9.47 Å². The lowest BCUT2D eigenvalue weighted by Gasteiger charge is -2.27. The van der Waals surface area contributed by atoms with Crippen molar-refractivity contribution in [3.05, 3.63) is 54.1 Å². The number of rotatable bonds is 5.